The van der Waals surface area contributed by atoms with Gasteiger partial charge in [-0.15, -0.1) is 11.3 Å². The van der Waals surface area contributed by atoms with E-state index in [-0.39, 0.29) is 5.78 Å². The zero-order valence-corrected chi connectivity index (χ0v) is 11.6. The van der Waals surface area contributed by atoms with Gasteiger partial charge < -0.3 is 10.2 Å². The summed E-state index contributed by atoms with van der Waals surface area (Å²) in [4.78, 5) is 15.1. The third kappa shape index (κ3) is 3.13. The van der Waals surface area contributed by atoms with Crippen LogP contribution in [-0.2, 0) is 0 Å². The second-order valence-electron chi connectivity index (χ2n) is 4.17. The van der Waals surface area contributed by atoms with Gasteiger partial charge in [-0.05, 0) is 29.0 Å². The van der Waals surface area contributed by atoms with Crippen LogP contribution in [0.25, 0.3) is 0 Å². The first-order valence-electron chi connectivity index (χ1n) is 5.34. The third-order valence-electron chi connectivity index (χ3n) is 2.73. The van der Waals surface area contributed by atoms with Crippen LogP contribution in [0.1, 0.15) is 16.1 Å². The van der Waals surface area contributed by atoms with Crippen LogP contribution in [0.15, 0.2) is 15.9 Å². The average molecular weight is 303 g/mol. The molecule has 0 saturated carbocycles. The SMILES string of the molecule is CN1CCNC(CC(=O)c2cc(Br)cs2)C1. The molecule has 16 heavy (non-hydrogen) atoms. The molecular formula is C11H15BrN2OS. The molecule has 1 unspecified atom stereocenters. The van der Waals surface area contributed by atoms with Crippen molar-refractivity contribution in [1.82, 2.24) is 10.2 Å². The fraction of sp³-hybridized carbons (Fsp3) is 0.545. The molecule has 0 spiro atoms. The number of likely N-dealkylation sites (N-methyl/N-ethyl adjacent to an activating group) is 1. The molecule has 0 aliphatic carbocycles. The van der Waals surface area contributed by atoms with E-state index >= 15 is 0 Å². The molecule has 1 aromatic heterocycles. The fourth-order valence-corrected chi connectivity index (χ4v) is 3.29. The largest absolute Gasteiger partial charge is 0.311 e. The highest BCUT2D eigenvalue weighted by Gasteiger charge is 2.20. The van der Waals surface area contributed by atoms with Gasteiger partial charge in [0.15, 0.2) is 5.78 Å². The van der Waals surface area contributed by atoms with Gasteiger partial charge in [0.25, 0.3) is 0 Å². The van der Waals surface area contributed by atoms with Crippen molar-refractivity contribution >= 4 is 33.0 Å². The Labute approximate surface area is 108 Å². The topological polar surface area (TPSA) is 32.3 Å². The predicted molar refractivity (Wildman–Crippen MR) is 70.3 cm³/mol. The van der Waals surface area contributed by atoms with Gasteiger partial charge in [-0.1, -0.05) is 0 Å². The van der Waals surface area contributed by atoms with Crippen LogP contribution in [0.4, 0.5) is 0 Å². The van der Waals surface area contributed by atoms with Gasteiger partial charge in [0.05, 0.1) is 4.88 Å². The first-order valence-corrected chi connectivity index (χ1v) is 7.01. The van der Waals surface area contributed by atoms with Crippen LogP contribution in [-0.4, -0.2) is 43.4 Å². The van der Waals surface area contributed by atoms with Crippen LogP contribution in [0, 0.1) is 0 Å². The van der Waals surface area contributed by atoms with E-state index in [0.717, 1.165) is 29.0 Å². The maximum atomic E-state index is 12.0. The summed E-state index contributed by atoms with van der Waals surface area (Å²) in [7, 11) is 2.10. The quantitative estimate of drug-likeness (QED) is 0.867. The van der Waals surface area contributed by atoms with E-state index in [1.165, 1.54) is 11.3 Å². The van der Waals surface area contributed by atoms with Crippen LogP contribution in [0.3, 0.4) is 0 Å². The van der Waals surface area contributed by atoms with E-state index in [1.54, 1.807) is 0 Å². The Bertz CT molecular complexity index is 380. The van der Waals surface area contributed by atoms with Crippen molar-refractivity contribution in [3.05, 3.63) is 20.8 Å². The van der Waals surface area contributed by atoms with E-state index in [9.17, 15) is 4.79 Å². The summed E-state index contributed by atoms with van der Waals surface area (Å²) < 4.78 is 0.995. The minimum absolute atomic E-state index is 0.239. The Morgan fingerprint density at radius 2 is 2.56 bits per heavy atom. The van der Waals surface area contributed by atoms with Crippen molar-refractivity contribution < 1.29 is 4.79 Å². The van der Waals surface area contributed by atoms with Gasteiger partial charge in [0, 0.05) is 41.9 Å². The molecular weight excluding hydrogens is 288 g/mol. The molecule has 0 aromatic carbocycles. The Hall–Kier alpha value is -0.230. The number of halogens is 1. The standard InChI is InChI=1S/C11H15BrN2OS/c1-14-3-2-13-9(6-14)5-10(15)11-4-8(12)7-16-11/h4,7,9,13H,2-3,5-6H2,1H3. The number of hydrogen-bond donors (Lipinski definition) is 1. The predicted octanol–water partition coefficient (Wildman–Crippen LogP) is 1.99. The normalized spacial score (nSPS) is 22.2. The van der Waals surface area contributed by atoms with Gasteiger partial charge >= 0.3 is 0 Å². The molecule has 1 aromatic rings. The molecule has 1 saturated heterocycles. The molecule has 2 heterocycles. The number of piperazine rings is 1. The number of nitrogens with one attached hydrogen (secondary N) is 1. The summed E-state index contributed by atoms with van der Waals surface area (Å²) in [5.41, 5.74) is 0. The molecule has 1 fully saturated rings. The van der Waals surface area contributed by atoms with Crippen molar-refractivity contribution in [2.45, 2.75) is 12.5 Å². The van der Waals surface area contributed by atoms with Crippen LogP contribution < -0.4 is 5.32 Å². The van der Waals surface area contributed by atoms with Crippen molar-refractivity contribution in [2.75, 3.05) is 26.7 Å². The third-order valence-corrected chi connectivity index (χ3v) is 4.46. The Morgan fingerprint density at radius 3 is 3.19 bits per heavy atom. The smallest absolute Gasteiger partial charge is 0.174 e. The van der Waals surface area contributed by atoms with Gasteiger partial charge in [0.2, 0.25) is 0 Å². The summed E-state index contributed by atoms with van der Waals surface area (Å²) >= 11 is 4.88. The van der Waals surface area contributed by atoms with Crippen LogP contribution >= 0.6 is 27.3 Å². The summed E-state index contributed by atoms with van der Waals surface area (Å²) in [6.45, 7) is 3.00. The first kappa shape index (κ1) is 12.2. The molecule has 88 valence electrons. The lowest BCUT2D eigenvalue weighted by molar-refractivity contribution is 0.0956. The fourth-order valence-electron chi connectivity index (χ4n) is 1.91. The van der Waals surface area contributed by atoms with Crippen LogP contribution in [0.5, 0.6) is 0 Å². The number of thiophene rings is 1. The Kier molecular flexibility index (Phi) is 4.13. The molecule has 1 atom stereocenters. The molecule has 3 nitrogen and oxygen atoms in total. The van der Waals surface area contributed by atoms with Gasteiger partial charge in [-0.2, -0.15) is 0 Å². The van der Waals surface area contributed by atoms with E-state index in [2.05, 4.69) is 33.2 Å². The molecule has 0 radical (unpaired) electrons. The minimum Gasteiger partial charge on any atom is -0.311 e. The number of rotatable bonds is 3. The highest BCUT2D eigenvalue weighted by atomic mass is 79.9. The maximum Gasteiger partial charge on any atom is 0.174 e. The van der Waals surface area contributed by atoms with E-state index in [0.29, 0.717) is 12.5 Å². The molecule has 1 aliphatic rings. The van der Waals surface area contributed by atoms with E-state index < -0.39 is 0 Å². The van der Waals surface area contributed by atoms with Crippen LogP contribution in [0.2, 0.25) is 0 Å². The summed E-state index contributed by atoms with van der Waals surface area (Å²) in [6.07, 6.45) is 0.595. The Morgan fingerprint density at radius 1 is 1.75 bits per heavy atom. The van der Waals surface area contributed by atoms with Crippen molar-refractivity contribution in [2.24, 2.45) is 0 Å². The summed E-state index contributed by atoms with van der Waals surface area (Å²) in [5, 5.41) is 5.34. The molecule has 0 bridgehead atoms. The maximum absolute atomic E-state index is 12.0. The zero-order valence-electron chi connectivity index (χ0n) is 9.20. The number of carbonyl (C=O) groups excluding carboxylic acids is 1. The lowest BCUT2D eigenvalue weighted by atomic mass is 10.1. The summed E-state index contributed by atoms with van der Waals surface area (Å²) in [5.74, 6) is 0.239. The molecule has 1 aliphatic heterocycles. The van der Waals surface area contributed by atoms with Crippen molar-refractivity contribution in [3.63, 3.8) is 0 Å². The lowest BCUT2D eigenvalue weighted by Gasteiger charge is -2.30. The molecule has 5 heteroatoms. The second-order valence-corrected chi connectivity index (χ2v) is 6.00. The molecule has 1 N–H and O–H groups in total. The zero-order chi connectivity index (χ0) is 11.5. The van der Waals surface area contributed by atoms with Crippen molar-refractivity contribution in [1.29, 1.82) is 0 Å². The lowest BCUT2D eigenvalue weighted by Crippen LogP contribution is -2.49. The van der Waals surface area contributed by atoms with Gasteiger partial charge in [-0.25, -0.2) is 0 Å². The monoisotopic (exact) mass is 302 g/mol. The van der Waals surface area contributed by atoms with E-state index in [1.807, 2.05) is 11.4 Å². The second kappa shape index (κ2) is 5.40. The number of ketones is 1. The number of Topliss-reactive ketones (excluding diaryl/α,β-unsaturated/α-hetero) is 1. The van der Waals surface area contributed by atoms with Gasteiger partial charge in [-0.3, -0.25) is 4.79 Å². The molecule has 2 rings (SSSR count). The highest BCUT2D eigenvalue weighted by molar-refractivity contribution is 9.10. The minimum atomic E-state index is 0.239. The summed E-state index contributed by atoms with van der Waals surface area (Å²) in [6, 6.07) is 2.20. The highest BCUT2D eigenvalue weighted by Crippen LogP contribution is 2.21. The number of hydrogen-bond acceptors (Lipinski definition) is 4. The van der Waals surface area contributed by atoms with E-state index in [4.69, 9.17) is 0 Å². The van der Waals surface area contributed by atoms with Gasteiger partial charge in [0.1, 0.15) is 0 Å². The average Bonchev–Trinajstić information content (AvgIpc) is 2.65. The van der Waals surface area contributed by atoms with Crippen molar-refractivity contribution in [3.8, 4) is 0 Å². The Balaban J connectivity index is 1.92. The first-order chi connectivity index (χ1) is 7.65. The number of nitrogens with zero attached hydrogens (tertiary/aromatic N) is 1. The molecule has 0 amide bonds. The number of carbonyl (C=O) groups is 1.